The first-order valence-corrected chi connectivity index (χ1v) is 7.35. The maximum absolute atomic E-state index is 5.79. The fourth-order valence-corrected chi connectivity index (χ4v) is 2.77. The van der Waals surface area contributed by atoms with Gasteiger partial charge in [0, 0.05) is 25.2 Å². The highest BCUT2D eigenvalue weighted by molar-refractivity contribution is 5.59. The number of nitrogens with zero attached hydrogens (tertiary/aromatic N) is 1. The molecule has 1 fully saturated rings. The minimum Gasteiger partial charge on any atom is -0.492 e. The zero-order chi connectivity index (χ0) is 13.8. The molecule has 1 aliphatic rings. The summed E-state index contributed by atoms with van der Waals surface area (Å²) >= 11 is 0. The molecule has 2 rings (SSSR count). The fraction of sp³-hybridized carbons (Fsp3) is 0.625. The van der Waals surface area contributed by atoms with Crippen molar-refractivity contribution in [1.29, 1.82) is 0 Å². The van der Waals surface area contributed by atoms with Crippen LogP contribution in [0.3, 0.4) is 0 Å². The van der Waals surface area contributed by atoms with Crippen molar-refractivity contribution in [1.82, 2.24) is 5.32 Å². The van der Waals surface area contributed by atoms with Crippen LogP contribution in [0.2, 0.25) is 0 Å². The zero-order valence-corrected chi connectivity index (χ0v) is 12.5. The molecule has 19 heavy (non-hydrogen) atoms. The molecule has 0 amide bonds. The molecule has 2 atom stereocenters. The Bertz CT molecular complexity index is 405. The Morgan fingerprint density at radius 2 is 2.11 bits per heavy atom. The van der Waals surface area contributed by atoms with E-state index in [-0.39, 0.29) is 0 Å². The van der Waals surface area contributed by atoms with Gasteiger partial charge in [-0.05, 0) is 31.9 Å². The molecule has 0 saturated carbocycles. The summed E-state index contributed by atoms with van der Waals surface area (Å²) in [5.41, 5.74) is 1.23. The van der Waals surface area contributed by atoms with E-state index in [1.165, 1.54) is 5.69 Å². The second kappa shape index (κ2) is 6.29. The Hall–Kier alpha value is -1.22. The third kappa shape index (κ3) is 3.21. The molecule has 3 nitrogen and oxygen atoms in total. The third-order valence-corrected chi connectivity index (χ3v) is 3.79. The molecule has 0 aliphatic carbocycles. The number of benzene rings is 1. The molecule has 2 unspecified atom stereocenters. The van der Waals surface area contributed by atoms with Crippen LogP contribution in [0.1, 0.15) is 27.7 Å². The van der Waals surface area contributed by atoms with Crippen LogP contribution in [0.15, 0.2) is 24.3 Å². The summed E-state index contributed by atoms with van der Waals surface area (Å²) in [5, 5.41) is 3.58. The van der Waals surface area contributed by atoms with Crippen LogP contribution in [-0.4, -0.2) is 31.8 Å². The van der Waals surface area contributed by atoms with Crippen molar-refractivity contribution in [3.63, 3.8) is 0 Å². The van der Waals surface area contributed by atoms with Crippen LogP contribution in [0.5, 0.6) is 5.75 Å². The molecule has 1 aromatic carbocycles. The van der Waals surface area contributed by atoms with Crippen LogP contribution >= 0.6 is 0 Å². The van der Waals surface area contributed by atoms with E-state index >= 15 is 0 Å². The fourth-order valence-electron chi connectivity index (χ4n) is 2.77. The Labute approximate surface area is 116 Å². The van der Waals surface area contributed by atoms with Gasteiger partial charge in [-0.3, -0.25) is 0 Å². The van der Waals surface area contributed by atoms with Gasteiger partial charge in [-0.2, -0.15) is 0 Å². The van der Waals surface area contributed by atoms with Gasteiger partial charge in [0.1, 0.15) is 5.75 Å². The van der Waals surface area contributed by atoms with E-state index in [1.807, 2.05) is 13.0 Å². The van der Waals surface area contributed by atoms with E-state index in [9.17, 15) is 0 Å². The maximum Gasteiger partial charge on any atom is 0.142 e. The van der Waals surface area contributed by atoms with Gasteiger partial charge in [0.2, 0.25) is 0 Å². The van der Waals surface area contributed by atoms with Gasteiger partial charge in [0.15, 0.2) is 0 Å². The Morgan fingerprint density at radius 1 is 1.37 bits per heavy atom. The SMILES string of the molecule is CCOc1ccccc1N1CC(C)NCC1C(C)C. The summed E-state index contributed by atoms with van der Waals surface area (Å²) in [5.74, 6) is 1.62. The molecule has 0 bridgehead atoms. The number of ether oxygens (including phenoxy) is 1. The molecule has 1 aromatic rings. The molecule has 0 spiro atoms. The summed E-state index contributed by atoms with van der Waals surface area (Å²) in [6.07, 6.45) is 0. The first-order valence-electron chi connectivity index (χ1n) is 7.35. The highest BCUT2D eigenvalue weighted by Gasteiger charge is 2.29. The van der Waals surface area contributed by atoms with E-state index < -0.39 is 0 Å². The van der Waals surface area contributed by atoms with Gasteiger partial charge in [0.05, 0.1) is 12.3 Å². The topological polar surface area (TPSA) is 24.5 Å². The minimum atomic E-state index is 0.518. The van der Waals surface area contributed by atoms with E-state index in [2.05, 4.69) is 49.2 Å². The van der Waals surface area contributed by atoms with Gasteiger partial charge in [0.25, 0.3) is 0 Å². The lowest BCUT2D eigenvalue weighted by molar-refractivity contribution is 0.324. The Morgan fingerprint density at radius 3 is 2.79 bits per heavy atom. The zero-order valence-electron chi connectivity index (χ0n) is 12.5. The predicted molar refractivity (Wildman–Crippen MR) is 81.0 cm³/mol. The van der Waals surface area contributed by atoms with Crippen LogP contribution in [0, 0.1) is 5.92 Å². The Kier molecular flexibility index (Phi) is 4.70. The summed E-state index contributed by atoms with van der Waals surface area (Å²) in [4.78, 5) is 2.51. The summed E-state index contributed by atoms with van der Waals surface area (Å²) < 4.78 is 5.79. The van der Waals surface area contributed by atoms with Crippen molar-refractivity contribution in [3.05, 3.63) is 24.3 Å². The third-order valence-electron chi connectivity index (χ3n) is 3.79. The van der Waals surface area contributed by atoms with Crippen LogP contribution in [0.4, 0.5) is 5.69 Å². The van der Waals surface area contributed by atoms with Crippen molar-refractivity contribution in [2.24, 2.45) is 5.92 Å². The second-order valence-corrected chi connectivity index (χ2v) is 5.67. The Balaban J connectivity index is 2.30. The molecule has 0 aromatic heterocycles. The largest absolute Gasteiger partial charge is 0.492 e. The average molecular weight is 262 g/mol. The second-order valence-electron chi connectivity index (χ2n) is 5.67. The summed E-state index contributed by atoms with van der Waals surface area (Å²) in [6, 6.07) is 9.44. The number of nitrogens with one attached hydrogen (secondary N) is 1. The predicted octanol–water partition coefficient (Wildman–Crippen LogP) is 2.91. The van der Waals surface area contributed by atoms with Crippen molar-refractivity contribution >= 4 is 5.69 Å². The van der Waals surface area contributed by atoms with Gasteiger partial charge < -0.3 is 15.0 Å². The summed E-state index contributed by atoms with van der Waals surface area (Å²) in [6.45, 7) is 11.7. The van der Waals surface area contributed by atoms with Crippen molar-refractivity contribution in [2.45, 2.75) is 39.8 Å². The first kappa shape index (κ1) is 14.2. The van der Waals surface area contributed by atoms with E-state index in [0.717, 1.165) is 18.8 Å². The van der Waals surface area contributed by atoms with Gasteiger partial charge in [-0.15, -0.1) is 0 Å². The molecule has 0 radical (unpaired) electrons. The number of para-hydroxylation sites is 2. The normalized spacial score (nSPS) is 23.7. The molecule has 106 valence electrons. The van der Waals surface area contributed by atoms with E-state index in [4.69, 9.17) is 4.74 Å². The van der Waals surface area contributed by atoms with Crippen LogP contribution in [-0.2, 0) is 0 Å². The van der Waals surface area contributed by atoms with Crippen molar-refractivity contribution in [2.75, 3.05) is 24.6 Å². The van der Waals surface area contributed by atoms with Crippen LogP contribution < -0.4 is 15.0 Å². The lowest BCUT2D eigenvalue weighted by atomic mass is 9.98. The van der Waals surface area contributed by atoms with Gasteiger partial charge in [-0.1, -0.05) is 26.0 Å². The van der Waals surface area contributed by atoms with E-state index in [1.54, 1.807) is 0 Å². The molecule has 1 aliphatic heterocycles. The quantitative estimate of drug-likeness (QED) is 0.903. The number of hydrogen-bond acceptors (Lipinski definition) is 3. The smallest absolute Gasteiger partial charge is 0.142 e. The molecular formula is C16H26N2O. The van der Waals surface area contributed by atoms with E-state index in [0.29, 0.717) is 24.6 Å². The lowest BCUT2D eigenvalue weighted by Crippen LogP contribution is -2.57. The molecule has 1 heterocycles. The number of anilines is 1. The monoisotopic (exact) mass is 262 g/mol. The molecule has 1 N–H and O–H groups in total. The average Bonchev–Trinajstić information content (AvgIpc) is 2.39. The highest BCUT2D eigenvalue weighted by atomic mass is 16.5. The molecule has 3 heteroatoms. The maximum atomic E-state index is 5.79. The van der Waals surface area contributed by atoms with Crippen LogP contribution in [0.25, 0.3) is 0 Å². The first-order chi connectivity index (χ1) is 9.13. The highest BCUT2D eigenvalue weighted by Crippen LogP contribution is 2.32. The molecule has 1 saturated heterocycles. The summed E-state index contributed by atoms with van der Waals surface area (Å²) in [7, 11) is 0. The number of piperazine rings is 1. The number of hydrogen-bond donors (Lipinski definition) is 1. The van der Waals surface area contributed by atoms with Gasteiger partial charge >= 0.3 is 0 Å². The minimum absolute atomic E-state index is 0.518. The molecular weight excluding hydrogens is 236 g/mol. The van der Waals surface area contributed by atoms with Gasteiger partial charge in [-0.25, -0.2) is 0 Å². The lowest BCUT2D eigenvalue weighted by Gasteiger charge is -2.43. The standard InChI is InChI=1S/C16H26N2O/c1-5-19-16-9-7-6-8-14(16)18-11-13(4)17-10-15(18)12(2)3/h6-9,12-13,15,17H,5,10-11H2,1-4H3. The van der Waals surface area contributed by atoms with Crippen molar-refractivity contribution < 1.29 is 4.74 Å². The van der Waals surface area contributed by atoms with Crippen molar-refractivity contribution in [3.8, 4) is 5.75 Å². The number of rotatable bonds is 4.